The van der Waals surface area contributed by atoms with Crippen LogP contribution in [0.15, 0.2) is 48.5 Å². The first-order valence-electron chi connectivity index (χ1n) is 5.90. The van der Waals surface area contributed by atoms with E-state index in [0.29, 0.717) is 0 Å². The molecular formula is C16H15N. The standard InChI is InChI=1S/C16H15N/c1-11-6-3-4-9-14(11)15-10-13-8-5-7-12(2)16(13)17-15/h3-10,17H,1-2H3. The molecular weight excluding hydrogens is 206 g/mol. The van der Waals surface area contributed by atoms with Crippen molar-refractivity contribution in [1.29, 1.82) is 0 Å². The summed E-state index contributed by atoms with van der Waals surface area (Å²) < 4.78 is 0. The van der Waals surface area contributed by atoms with Crippen molar-refractivity contribution < 1.29 is 0 Å². The van der Waals surface area contributed by atoms with Crippen LogP contribution in [-0.4, -0.2) is 4.98 Å². The van der Waals surface area contributed by atoms with Crippen molar-refractivity contribution in [2.75, 3.05) is 0 Å². The van der Waals surface area contributed by atoms with Crippen LogP contribution in [0.4, 0.5) is 0 Å². The molecule has 2 aromatic carbocycles. The molecule has 0 atom stereocenters. The number of hydrogen-bond donors (Lipinski definition) is 1. The Morgan fingerprint density at radius 2 is 1.59 bits per heavy atom. The molecule has 1 heteroatoms. The highest BCUT2D eigenvalue weighted by molar-refractivity contribution is 5.88. The number of nitrogens with one attached hydrogen (secondary N) is 1. The minimum Gasteiger partial charge on any atom is -0.354 e. The smallest absolute Gasteiger partial charge is 0.0488 e. The summed E-state index contributed by atoms with van der Waals surface area (Å²) in [6, 6.07) is 17.1. The molecule has 0 spiro atoms. The lowest BCUT2D eigenvalue weighted by Crippen LogP contribution is -1.82. The number of fused-ring (bicyclic) bond motifs is 1. The molecule has 0 aliphatic rings. The second-order valence-electron chi connectivity index (χ2n) is 4.54. The first kappa shape index (κ1) is 10.2. The predicted octanol–water partition coefficient (Wildman–Crippen LogP) is 4.45. The Labute approximate surface area is 101 Å². The van der Waals surface area contributed by atoms with Gasteiger partial charge in [0.25, 0.3) is 0 Å². The van der Waals surface area contributed by atoms with Crippen molar-refractivity contribution in [3.63, 3.8) is 0 Å². The maximum absolute atomic E-state index is 3.52. The fourth-order valence-corrected chi connectivity index (χ4v) is 2.33. The third kappa shape index (κ3) is 1.64. The Morgan fingerprint density at radius 1 is 0.824 bits per heavy atom. The zero-order valence-electron chi connectivity index (χ0n) is 10.1. The SMILES string of the molecule is Cc1ccccc1-c1cc2cccc(C)c2[nH]1. The highest BCUT2D eigenvalue weighted by Gasteiger charge is 2.06. The maximum atomic E-state index is 3.52. The van der Waals surface area contributed by atoms with Gasteiger partial charge in [-0.25, -0.2) is 0 Å². The molecule has 3 aromatic rings. The molecule has 0 radical (unpaired) electrons. The number of benzene rings is 2. The topological polar surface area (TPSA) is 15.8 Å². The molecule has 3 rings (SSSR count). The van der Waals surface area contributed by atoms with Gasteiger partial charge in [-0.15, -0.1) is 0 Å². The zero-order valence-corrected chi connectivity index (χ0v) is 10.1. The Morgan fingerprint density at radius 3 is 2.35 bits per heavy atom. The van der Waals surface area contributed by atoms with Crippen molar-refractivity contribution in [3.05, 3.63) is 59.7 Å². The molecule has 0 aliphatic heterocycles. The number of H-pyrrole nitrogens is 1. The molecule has 1 heterocycles. The van der Waals surface area contributed by atoms with Gasteiger partial charge in [0.1, 0.15) is 0 Å². The first-order chi connectivity index (χ1) is 8.25. The van der Waals surface area contributed by atoms with Gasteiger partial charge in [0.15, 0.2) is 0 Å². The van der Waals surface area contributed by atoms with Crippen LogP contribution in [0.3, 0.4) is 0 Å². The molecule has 84 valence electrons. The van der Waals surface area contributed by atoms with Gasteiger partial charge < -0.3 is 4.98 Å². The Hall–Kier alpha value is -2.02. The van der Waals surface area contributed by atoms with Crippen molar-refractivity contribution in [3.8, 4) is 11.3 Å². The molecule has 1 N–H and O–H groups in total. The maximum Gasteiger partial charge on any atom is 0.0488 e. The quantitative estimate of drug-likeness (QED) is 0.624. The molecule has 0 bridgehead atoms. The summed E-state index contributed by atoms with van der Waals surface area (Å²) in [5.74, 6) is 0. The third-order valence-corrected chi connectivity index (χ3v) is 3.30. The van der Waals surface area contributed by atoms with Crippen LogP contribution < -0.4 is 0 Å². The second-order valence-corrected chi connectivity index (χ2v) is 4.54. The predicted molar refractivity (Wildman–Crippen MR) is 73.2 cm³/mol. The van der Waals surface area contributed by atoms with E-state index >= 15 is 0 Å². The fraction of sp³-hybridized carbons (Fsp3) is 0.125. The molecule has 0 saturated heterocycles. The first-order valence-corrected chi connectivity index (χ1v) is 5.90. The zero-order chi connectivity index (χ0) is 11.8. The number of aromatic nitrogens is 1. The van der Waals surface area contributed by atoms with E-state index in [-0.39, 0.29) is 0 Å². The number of para-hydroxylation sites is 1. The van der Waals surface area contributed by atoms with Crippen molar-refractivity contribution in [1.82, 2.24) is 4.98 Å². The lowest BCUT2D eigenvalue weighted by molar-refractivity contribution is 1.38. The van der Waals surface area contributed by atoms with Crippen molar-refractivity contribution in [2.45, 2.75) is 13.8 Å². The average Bonchev–Trinajstić information content (AvgIpc) is 2.75. The Balaban J connectivity index is 2.26. The average molecular weight is 221 g/mol. The molecule has 17 heavy (non-hydrogen) atoms. The molecule has 1 aromatic heterocycles. The van der Waals surface area contributed by atoms with Crippen molar-refractivity contribution >= 4 is 10.9 Å². The molecule has 1 nitrogen and oxygen atoms in total. The highest BCUT2D eigenvalue weighted by Crippen LogP contribution is 2.27. The second kappa shape index (κ2) is 3.77. The van der Waals surface area contributed by atoms with E-state index in [1.54, 1.807) is 0 Å². The lowest BCUT2D eigenvalue weighted by atomic mass is 10.1. The monoisotopic (exact) mass is 221 g/mol. The number of aromatic amines is 1. The summed E-state index contributed by atoms with van der Waals surface area (Å²) in [6.07, 6.45) is 0. The van der Waals surface area contributed by atoms with E-state index in [2.05, 4.69) is 67.4 Å². The third-order valence-electron chi connectivity index (χ3n) is 3.30. The Kier molecular flexibility index (Phi) is 2.25. The van der Waals surface area contributed by atoms with E-state index in [1.807, 2.05) is 0 Å². The van der Waals surface area contributed by atoms with Gasteiger partial charge in [-0.1, -0.05) is 42.5 Å². The Bertz CT molecular complexity index is 677. The van der Waals surface area contributed by atoms with Gasteiger partial charge in [-0.3, -0.25) is 0 Å². The fourth-order valence-electron chi connectivity index (χ4n) is 2.33. The lowest BCUT2D eigenvalue weighted by Gasteiger charge is -2.01. The van der Waals surface area contributed by atoms with Gasteiger partial charge in [0.2, 0.25) is 0 Å². The summed E-state index contributed by atoms with van der Waals surface area (Å²) in [5.41, 5.74) is 6.32. The molecule has 0 amide bonds. The molecule has 0 unspecified atom stereocenters. The van der Waals surface area contributed by atoms with Gasteiger partial charge in [0, 0.05) is 22.2 Å². The van der Waals surface area contributed by atoms with Gasteiger partial charge in [-0.05, 0) is 31.0 Å². The van der Waals surface area contributed by atoms with E-state index in [0.717, 1.165) is 0 Å². The van der Waals surface area contributed by atoms with E-state index < -0.39 is 0 Å². The van der Waals surface area contributed by atoms with Crippen LogP contribution in [0, 0.1) is 13.8 Å². The van der Waals surface area contributed by atoms with E-state index in [9.17, 15) is 0 Å². The van der Waals surface area contributed by atoms with E-state index in [4.69, 9.17) is 0 Å². The molecule has 0 fully saturated rings. The normalized spacial score (nSPS) is 10.9. The van der Waals surface area contributed by atoms with Crippen LogP contribution in [0.5, 0.6) is 0 Å². The van der Waals surface area contributed by atoms with Crippen LogP contribution in [-0.2, 0) is 0 Å². The van der Waals surface area contributed by atoms with Crippen LogP contribution in [0.2, 0.25) is 0 Å². The summed E-state index contributed by atoms with van der Waals surface area (Å²) in [4.78, 5) is 3.52. The van der Waals surface area contributed by atoms with Gasteiger partial charge in [0.05, 0.1) is 0 Å². The minimum atomic E-state index is 1.20. The van der Waals surface area contributed by atoms with Gasteiger partial charge >= 0.3 is 0 Å². The number of hydrogen-bond acceptors (Lipinski definition) is 0. The summed E-state index contributed by atoms with van der Waals surface area (Å²) in [5, 5.41) is 1.28. The molecule has 0 aliphatic carbocycles. The summed E-state index contributed by atoms with van der Waals surface area (Å²) in [6.45, 7) is 4.29. The van der Waals surface area contributed by atoms with Crippen molar-refractivity contribution in [2.24, 2.45) is 0 Å². The molecule has 0 saturated carbocycles. The number of rotatable bonds is 1. The summed E-state index contributed by atoms with van der Waals surface area (Å²) >= 11 is 0. The van der Waals surface area contributed by atoms with Crippen LogP contribution in [0.1, 0.15) is 11.1 Å². The summed E-state index contributed by atoms with van der Waals surface area (Å²) in [7, 11) is 0. The van der Waals surface area contributed by atoms with Crippen LogP contribution >= 0.6 is 0 Å². The van der Waals surface area contributed by atoms with E-state index in [1.165, 1.54) is 33.3 Å². The number of aryl methyl sites for hydroxylation is 2. The largest absolute Gasteiger partial charge is 0.354 e. The van der Waals surface area contributed by atoms with Crippen LogP contribution in [0.25, 0.3) is 22.2 Å². The van der Waals surface area contributed by atoms with Gasteiger partial charge in [-0.2, -0.15) is 0 Å². The highest BCUT2D eigenvalue weighted by atomic mass is 14.7. The minimum absolute atomic E-state index is 1.20.